The highest BCUT2D eigenvalue weighted by molar-refractivity contribution is 7.92. The maximum Gasteiger partial charge on any atom is 0.243 e. The molecule has 0 aliphatic carbocycles. The lowest BCUT2D eigenvalue weighted by Gasteiger charge is -2.23. The minimum absolute atomic E-state index is 0. The maximum atomic E-state index is 13.9. The molecule has 0 spiro atoms. The first-order valence-electron chi connectivity index (χ1n) is 6.64. The molecule has 1 fully saturated rings. The quantitative estimate of drug-likeness (QED) is 0.774. The predicted molar refractivity (Wildman–Crippen MR) is 88.1 cm³/mol. The van der Waals surface area contributed by atoms with Crippen LogP contribution in [0.2, 0.25) is 0 Å². The van der Waals surface area contributed by atoms with Crippen molar-refractivity contribution < 1.29 is 21.2 Å². The molecule has 0 amide bonds. The van der Waals surface area contributed by atoms with Crippen molar-refractivity contribution in [2.45, 2.75) is 23.8 Å². The molecule has 1 aromatic carbocycles. The molecular formula is C12H19ClFN3O4S2. The predicted octanol–water partition coefficient (Wildman–Crippen LogP) is 0.731. The van der Waals surface area contributed by atoms with Crippen LogP contribution in [0.3, 0.4) is 0 Å². The van der Waals surface area contributed by atoms with E-state index in [4.69, 9.17) is 5.73 Å². The van der Waals surface area contributed by atoms with Crippen LogP contribution in [0.15, 0.2) is 23.1 Å². The fraction of sp³-hybridized carbons (Fsp3) is 0.500. The molecule has 1 atom stereocenters. The van der Waals surface area contributed by atoms with Gasteiger partial charge in [-0.2, -0.15) is 4.31 Å². The third kappa shape index (κ3) is 4.54. The van der Waals surface area contributed by atoms with Gasteiger partial charge in [0.15, 0.2) is 0 Å². The van der Waals surface area contributed by atoms with E-state index in [-0.39, 0.29) is 35.6 Å². The van der Waals surface area contributed by atoms with Crippen LogP contribution in [-0.2, 0) is 20.0 Å². The molecule has 1 aromatic rings. The van der Waals surface area contributed by atoms with Crippen molar-refractivity contribution in [1.29, 1.82) is 0 Å². The van der Waals surface area contributed by atoms with Crippen molar-refractivity contribution in [3.05, 3.63) is 24.0 Å². The van der Waals surface area contributed by atoms with E-state index in [1.165, 1.54) is 10.4 Å². The molecule has 132 valence electrons. The summed E-state index contributed by atoms with van der Waals surface area (Å²) in [5, 5.41) is 0. The molecule has 3 N–H and O–H groups in total. The van der Waals surface area contributed by atoms with Gasteiger partial charge in [-0.3, -0.25) is 4.72 Å². The fourth-order valence-electron chi connectivity index (χ4n) is 2.44. The van der Waals surface area contributed by atoms with Gasteiger partial charge < -0.3 is 5.73 Å². The van der Waals surface area contributed by atoms with Crippen LogP contribution >= 0.6 is 12.4 Å². The van der Waals surface area contributed by atoms with Crippen molar-refractivity contribution in [3.8, 4) is 0 Å². The molecule has 0 bridgehead atoms. The largest absolute Gasteiger partial charge is 0.329 e. The SMILES string of the molecule is CS(=O)(=O)Nc1ccc(S(=O)(=O)N2CCCC2CN)cc1F.Cl. The van der Waals surface area contributed by atoms with E-state index in [1.807, 2.05) is 4.72 Å². The second-order valence-corrected chi connectivity index (χ2v) is 8.80. The van der Waals surface area contributed by atoms with Gasteiger partial charge >= 0.3 is 0 Å². The van der Waals surface area contributed by atoms with Crippen LogP contribution in [0.1, 0.15) is 12.8 Å². The second kappa shape index (κ2) is 7.31. The summed E-state index contributed by atoms with van der Waals surface area (Å²) in [5.41, 5.74) is 5.27. The smallest absolute Gasteiger partial charge is 0.243 e. The standard InChI is InChI=1S/C12H18FN3O4S2.ClH/c1-21(17,18)15-12-5-4-10(7-11(12)13)22(19,20)16-6-2-3-9(16)8-14;/h4-5,7,9,15H,2-3,6,8,14H2,1H3;1H. The van der Waals surface area contributed by atoms with E-state index in [1.54, 1.807) is 0 Å². The van der Waals surface area contributed by atoms with Gasteiger partial charge in [0.2, 0.25) is 20.0 Å². The lowest BCUT2D eigenvalue weighted by molar-refractivity contribution is 0.393. The van der Waals surface area contributed by atoms with Crippen molar-refractivity contribution in [1.82, 2.24) is 4.31 Å². The minimum Gasteiger partial charge on any atom is -0.329 e. The summed E-state index contributed by atoms with van der Waals surface area (Å²) in [6.07, 6.45) is 2.26. The monoisotopic (exact) mass is 387 g/mol. The first-order chi connectivity index (χ1) is 10.1. The van der Waals surface area contributed by atoms with E-state index in [2.05, 4.69) is 0 Å². The number of benzene rings is 1. The Morgan fingerprint density at radius 1 is 1.35 bits per heavy atom. The summed E-state index contributed by atoms with van der Waals surface area (Å²) >= 11 is 0. The molecule has 0 saturated carbocycles. The van der Waals surface area contributed by atoms with Crippen molar-refractivity contribution in [2.75, 3.05) is 24.1 Å². The number of halogens is 2. The van der Waals surface area contributed by atoms with E-state index >= 15 is 0 Å². The number of nitrogens with zero attached hydrogens (tertiary/aromatic N) is 1. The molecule has 1 unspecified atom stereocenters. The lowest BCUT2D eigenvalue weighted by Crippen LogP contribution is -2.39. The number of hydrogen-bond acceptors (Lipinski definition) is 5. The Bertz CT molecular complexity index is 771. The molecule has 23 heavy (non-hydrogen) atoms. The van der Waals surface area contributed by atoms with Gasteiger partial charge in [0.25, 0.3) is 0 Å². The number of rotatable bonds is 5. The average Bonchev–Trinajstić information content (AvgIpc) is 2.88. The Morgan fingerprint density at radius 3 is 2.52 bits per heavy atom. The molecular weight excluding hydrogens is 369 g/mol. The van der Waals surface area contributed by atoms with Crippen LogP contribution in [0.25, 0.3) is 0 Å². The molecule has 1 saturated heterocycles. The van der Waals surface area contributed by atoms with Gasteiger partial charge in [-0.05, 0) is 31.0 Å². The van der Waals surface area contributed by atoms with Crippen molar-refractivity contribution >= 4 is 38.1 Å². The Kier molecular flexibility index (Phi) is 6.39. The van der Waals surface area contributed by atoms with Gasteiger partial charge in [-0.15, -0.1) is 12.4 Å². The molecule has 7 nitrogen and oxygen atoms in total. The Hall–Kier alpha value is -0.940. The van der Waals surface area contributed by atoms with Gasteiger partial charge in [0.05, 0.1) is 16.8 Å². The van der Waals surface area contributed by atoms with Gasteiger partial charge in [-0.25, -0.2) is 21.2 Å². The molecule has 0 radical (unpaired) electrons. The van der Waals surface area contributed by atoms with E-state index in [9.17, 15) is 21.2 Å². The summed E-state index contributed by atoms with van der Waals surface area (Å²) in [6.45, 7) is 0.546. The summed E-state index contributed by atoms with van der Waals surface area (Å²) in [5.74, 6) is -0.949. The number of hydrogen-bond donors (Lipinski definition) is 2. The zero-order valence-electron chi connectivity index (χ0n) is 12.4. The van der Waals surface area contributed by atoms with E-state index in [0.717, 1.165) is 18.4 Å². The summed E-state index contributed by atoms with van der Waals surface area (Å²) < 4.78 is 64.4. The van der Waals surface area contributed by atoms with Gasteiger partial charge in [0, 0.05) is 19.1 Å². The van der Waals surface area contributed by atoms with Crippen LogP contribution in [-0.4, -0.2) is 46.5 Å². The number of anilines is 1. The zero-order valence-corrected chi connectivity index (χ0v) is 14.8. The van der Waals surface area contributed by atoms with Crippen LogP contribution in [0.4, 0.5) is 10.1 Å². The molecule has 1 aliphatic heterocycles. The fourth-order valence-corrected chi connectivity index (χ4v) is 4.72. The number of nitrogens with two attached hydrogens (primary N) is 1. The van der Waals surface area contributed by atoms with Crippen LogP contribution < -0.4 is 10.5 Å². The third-order valence-corrected chi connectivity index (χ3v) is 5.98. The summed E-state index contributed by atoms with van der Waals surface area (Å²) in [4.78, 5) is -0.218. The molecule has 1 heterocycles. The summed E-state index contributed by atoms with van der Waals surface area (Å²) in [7, 11) is -7.49. The Morgan fingerprint density at radius 2 is 2.00 bits per heavy atom. The topological polar surface area (TPSA) is 110 Å². The number of nitrogens with one attached hydrogen (secondary N) is 1. The highest BCUT2D eigenvalue weighted by Gasteiger charge is 2.34. The van der Waals surface area contributed by atoms with E-state index < -0.39 is 25.9 Å². The Balaban J connectivity index is 0.00000264. The zero-order chi connectivity index (χ0) is 16.5. The number of sulfonamides is 2. The second-order valence-electron chi connectivity index (χ2n) is 5.16. The van der Waals surface area contributed by atoms with Crippen molar-refractivity contribution in [2.24, 2.45) is 5.73 Å². The normalized spacial score (nSPS) is 19.3. The first kappa shape index (κ1) is 20.1. The highest BCUT2D eigenvalue weighted by atomic mass is 35.5. The van der Waals surface area contributed by atoms with Crippen LogP contribution in [0, 0.1) is 5.82 Å². The minimum atomic E-state index is -3.85. The molecule has 11 heteroatoms. The third-order valence-electron chi connectivity index (χ3n) is 3.44. The van der Waals surface area contributed by atoms with Crippen LogP contribution in [0.5, 0.6) is 0 Å². The molecule has 2 rings (SSSR count). The molecule has 0 aromatic heterocycles. The Labute approximate surface area is 141 Å². The first-order valence-corrected chi connectivity index (χ1v) is 9.97. The summed E-state index contributed by atoms with van der Waals surface area (Å²) in [6, 6.07) is 2.80. The van der Waals surface area contributed by atoms with E-state index in [0.29, 0.717) is 19.4 Å². The average molecular weight is 388 g/mol. The lowest BCUT2D eigenvalue weighted by atomic mass is 10.2. The van der Waals surface area contributed by atoms with Crippen molar-refractivity contribution in [3.63, 3.8) is 0 Å². The maximum absolute atomic E-state index is 13.9. The molecule has 1 aliphatic rings. The highest BCUT2D eigenvalue weighted by Crippen LogP contribution is 2.27. The van der Waals surface area contributed by atoms with Gasteiger partial charge in [0.1, 0.15) is 5.82 Å². The van der Waals surface area contributed by atoms with Gasteiger partial charge in [-0.1, -0.05) is 0 Å².